The molecule has 1 heterocycles. The highest BCUT2D eigenvalue weighted by molar-refractivity contribution is 5.33. The Morgan fingerprint density at radius 1 is 1.05 bits per heavy atom. The van der Waals surface area contributed by atoms with E-state index in [0.717, 1.165) is 23.6 Å². The molecule has 0 saturated heterocycles. The van der Waals surface area contributed by atoms with Gasteiger partial charge in [0.25, 0.3) is 0 Å². The number of nitrogens with two attached hydrogens (primary N) is 1. The van der Waals surface area contributed by atoms with Crippen LogP contribution in [0.15, 0.2) is 42.6 Å². The fourth-order valence-corrected chi connectivity index (χ4v) is 1.96. The van der Waals surface area contributed by atoms with E-state index in [9.17, 15) is 0 Å². The van der Waals surface area contributed by atoms with Crippen molar-refractivity contribution in [1.29, 1.82) is 0 Å². The van der Waals surface area contributed by atoms with E-state index in [1.165, 1.54) is 5.56 Å². The van der Waals surface area contributed by atoms with Crippen molar-refractivity contribution in [2.75, 3.05) is 0 Å². The molecule has 2 rings (SSSR count). The Bertz CT molecular complexity index is 532. The van der Waals surface area contributed by atoms with Crippen LogP contribution in [0.3, 0.4) is 0 Å². The van der Waals surface area contributed by atoms with Gasteiger partial charge >= 0.3 is 0 Å². The van der Waals surface area contributed by atoms with E-state index in [4.69, 9.17) is 10.5 Å². The molecule has 0 aliphatic heterocycles. The first-order chi connectivity index (χ1) is 9.60. The minimum absolute atomic E-state index is 0.0566. The molecule has 2 N–H and O–H groups in total. The van der Waals surface area contributed by atoms with Gasteiger partial charge in [-0.1, -0.05) is 26.0 Å². The maximum absolute atomic E-state index is 5.78. The zero-order valence-electron chi connectivity index (χ0n) is 12.3. The van der Waals surface area contributed by atoms with E-state index >= 15 is 0 Å². The monoisotopic (exact) mass is 270 g/mol. The number of nitrogens with zero attached hydrogens (tertiary/aromatic N) is 1. The predicted octanol–water partition coefficient (Wildman–Crippen LogP) is 4.41. The molecule has 2 atom stereocenters. The highest BCUT2D eigenvalue weighted by atomic mass is 16.5. The Kier molecular flexibility index (Phi) is 4.74. The SMILES string of the molecule is CCC(C)c1ccc(Oc2ccc(C(C)N)nc2)cc1. The van der Waals surface area contributed by atoms with Crippen LogP contribution in [0.4, 0.5) is 0 Å². The lowest BCUT2D eigenvalue weighted by Gasteiger charge is -2.11. The largest absolute Gasteiger partial charge is 0.456 e. The van der Waals surface area contributed by atoms with Crippen LogP contribution in [0, 0.1) is 0 Å². The second kappa shape index (κ2) is 6.53. The van der Waals surface area contributed by atoms with Gasteiger partial charge in [0, 0.05) is 6.04 Å². The lowest BCUT2D eigenvalue weighted by molar-refractivity contribution is 0.479. The molecule has 0 radical (unpaired) electrons. The Labute approximate surface area is 120 Å². The lowest BCUT2D eigenvalue weighted by Crippen LogP contribution is -2.06. The summed E-state index contributed by atoms with van der Waals surface area (Å²) in [6.07, 6.45) is 2.85. The van der Waals surface area contributed by atoms with Gasteiger partial charge in [-0.05, 0) is 49.1 Å². The Morgan fingerprint density at radius 3 is 2.20 bits per heavy atom. The average molecular weight is 270 g/mol. The third-order valence-corrected chi connectivity index (χ3v) is 3.52. The van der Waals surface area contributed by atoms with E-state index < -0.39 is 0 Å². The molecule has 0 aliphatic carbocycles. The van der Waals surface area contributed by atoms with Crippen molar-refractivity contribution in [1.82, 2.24) is 4.98 Å². The number of hydrogen-bond donors (Lipinski definition) is 1. The number of aromatic nitrogens is 1. The first-order valence-corrected chi connectivity index (χ1v) is 7.09. The van der Waals surface area contributed by atoms with Crippen molar-refractivity contribution in [3.8, 4) is 11.5 Å². The molecule has 3 nitrogen and oxygen atoms in total. The van der Waals surface area contributed by atoms with Crippen molar-refractivity contribution < 1.29 is 4.74 Å². The third kappa shape index (κ3) is 3.58. The van der Waals surface area contributed by atoms with Crippen LogP contribution in [0.25, 0.3) is 0 Å². The minimum atomic E-state index is -0.0566. The molecule has 0 fully saturated rings. The fourth-order valence-electron chi connectivity index (χ4n) is 1.96. The first-order valence-electron chi connectivity index (χ1n) is 7.09. The van der Waals surface area contributed by atoms with Crippen LogP contribution in [-0.4, -0.2) is 4.98 Å². The molecule has 0 spiro atoms. The Balaban J connectivity index is 2.06. The van der Waals surface area contributed by atoms with Gasteiger partial charge in [0.1, 0.15) is 11.5 Å². The molecule has 0 saturated carbocycles. The van der Waals surface area contributed by atoms with Gasteiger partial charge in [-0.15, -0.1) is 0 Å². The molecule has 0 aliphatic rings. The highest BCUT2D eigenvalue weighted by Crippen LogP contribution is 2.25. The minimum Gasteiger partial charge on any atom is -0.456 e. The molecule has 0 bridgehead atoms. The molecule has 0 amide bonds. The summed E-state index contributed by atoms with van der Waals surface area (Å²) in [7, 11) is 0. The van der Waals surface area contributed by atoms with Crippen LogP contribution < -0.4 is 10.5 Å². The van der Waals surface area contributed by atoms with Gasteiger partial charge in [-0.3, -0.25) is 4.98 Å². The number of benzene rings is 1. The van der Waals surface area contributed by atoms with Crippen molar-refractivity contribution >= 4 is 0 Å². The maximum atomic E-state index is 5.78. The lowest BCUT2D eigenvalue weighted by atomic mass is 9.99. The summed E-state index contributed by atoms with van der Waals surface area (Å²) in [5.41, 5.74) is 7.97. The average Bonchev–Trinajstić information content (AvgIpc) is 2.48. The Morgan fingerprint density at radius 2 is 1.70 bits per heavy atom. The number of ether oxygens (including phenoxy) is 1. The molecule has 3 heteroatoms. The molecule has 1 aromatic heterocycles. The summed E-state index contributed by atoms with van der Waals surface area (Å²) in [6, 6.07) is 12.0. The van der Waals surface area contributed by atoms with Gasteiger partial charge < -0.3 is 10.5 Å². The van der Waals surface area contributed by atoms with E-state index in [0.29, 0.717) is 5.92 Å². The summed E-state index contributed by atoms with van der Waals surface area (Å²) in [5.74, 6) is 2.13. The number of hydrogen-bond acceptors (Lipinski definition) is 3. The molecule has 1 aromatic carbocycles. The Hall–Kier alpha value is -1.87. The first kappa shape index (κ1) is 14.5. The predicted molar refractivity (Wildman–Crippen MR) is 82.1 cm³/mol. The zero-order valence-corrected chi connectivity index (χ0v) is 12.3. The van der Waals surface area contributed by atoms with Crippen LogP contribution in [0.5, 0.6) is 11.5 Å². The van der Waals surface area contributed by atoms with E-state index in [1.54, 1.807) is 6.20 Å². The van der Waals surface area contributed by atoms with Crippen molar-refractivity contribution in [3.05, 3.63) is 53.9 Å². The quantitative estimate of drug-likeness (QED) is 0.875. The molecule has 2 unspecified atom stereocenters. The highest BCUT2D eigenvalue weighted by Gasteiger charge is 2.05. The molecule has 106 valence electrons. The van der Waals surface area contributed by atoms with Gasteiger partial charge in [-0.2, -0.15) is 0 Å². The van der Waals surface area contributed by atoms with Crippen molar-refractivity contribution in [3.63, 3.8) is 0 Å². The summed E-state index contributed by atoms with van der Waals surface area (Å²) in [4.78, 5) is 4.28. The molecule has 20 heavy (non-hydrogen) atoms. The standard InChI is InChI=1S/C17H22N2O/c1-4-12(2)14-5-7-15(8-6-14)20-16-9-10-17(13(3)18)19-11-16/h5-13H,4,18H2,1-3H3. The van der Waals surface area contributed by atoms with Crippen molar-refractivity contribution in [2.45, 2.75) is 39.2 Å². The van der Waals surface area contributed by atoms with Gasteiger partial charge in [0.15, 0.2) is 0 Å². The summed E-state index contributed by atoms with van der Waals surface area (Å²) in [6.45, 7) is 6.34. The zero-order chi connectivity index (χ0) is 14.5. The van der Waals surface area contributed by atoms with Crippen LogP contribution >= 0.6 is 0 Å². The second-order valence-corrected chi connectivity index (χ2v) is 5.19. The molecular formula is C17H22N2O. The van der Waals surface area contributed by atoms with Crippen LogP contribution in [-0.2, 0) is 0 Å². The van der Waals surface area contributed by atoms with Crippen molar-refractivity contribution in [2.24, 2.45) is 5.73 Å². The van der Waals surface area contributed by atoms with Gasteiger partial charge in [0.2, 0.25) is 0 Å². The molecular weight excluding hydrogens is 248 g/mol. The topological polar surface area (TPSA) is 48.1 Å². The number of rotatable bonds is 5. The summed E-state index contributed by atoms with van der Waals surface area (Å²) >= 11 is 0. The second-order valence-electron chi connectivity index (χ2n) is 5.19. The van der Waals surface area contributed by atoms with E-state index in [1.807, 2.05) is 31.2 Å². The normalized spacial score (nSPS) is 13.8. The maximum Gasteiger partial charge on any atom is 0.145 e. The van der Waals surface area contributed by atoms with E-state index in [-0.39, 0.29) is 6.04 Å². The summed E-state index contributed by atoms with van der Waals surface area (Å²) < 4.78 is 5.78. The molecule has 2 aromatic rings. The van der Waals surface area contributed by atoms with Gasteiger partial charge in [0.05, 0.1) is 11.9 Å². The fraction of sp³-hybridized carbons (Fsp3) is 0.353. The third-order valence-electron chi connectivity index (χ3n) is 3.52. The van der Waals surface area contributed by atoms with Crippen LogP contribution in [0.1, 0.15) is 50.4 Å². The smallest absolute Gasteiger partial charge is 0.145 e. The number of pyridine rings is 1. The summed E-state index contributed by atoms with van der Waals surface area (Å²) in [5, 5.41) is 0. The van der Waals surface area contributed by atoms with Crippen LogP contribution in [0.2, 0.25) is 0 Å². The van der Waals surface area contributed by atoms with E-state index in [2.05, 4.69) is 31.0 Å². The van der Waals surface area contributed by atoms with Gasteiger partial charge in [-0.25, -0.2) is 0 Å².